The number of halogens is 1. The first-order valence-corrected chi connectivity index (χ1v) is 7.09. The molecule has 0 aromatic heterocycles. The fourth-order valence-corrected chi connectivity index (χ4v) is 1.98. The fourth-order valence-electron chi connectivity index (χ4n) is 1.39. The molecule has 1 aromatic rings. The zero-order chi connectivity index (χ0) is 12.0. The molecule has 2 N–H and O–H groups in total. The van der Waals surface area contributed by atoms with Gasteiger partial charge in [-0.15, -0.1) is 0 Å². The lowest BCUT2D eigenvalue weighted by atomic mass is 10.1. The predicted molar refractivity (Wildman–Crippen MR) is 72.5 cm³/mol. The average Bonchev–Trinajstić information content (AvgIpc) is 2.26. The van der Waals surface area contributed by atoms with E-state index in [-0.39, 0.29) is 6.04 Å². The molecule has 90 valence electrons. The molecule has 0 heterocycles. The number of thioether (sulfide) groups is 1. The molecular formula is C12H18ClNOS. The highest BCUT2D eigenvalue weighted by atomic mass is 35.5. The van der Waals surface area contributed by atoms with Crippen LogP contribution in [0, 0.1) is 0 Å². The van der Waals surface area contributed by atoms with E-state index in [9.17, 15) is 0 Å². The summed E-state index contributed by atoms with van der Waals surface area (Å²) in [6.45, 7) is 2.66. The molecule has 1 atom stereocenters. The minimum Gasteiger partial charge on any atom is -0.493 e. The van der Waals surface area contributed by atoms with Crippen LogP contribution in [0.3, 0.4) is 0 Å². The van der Waals surface area contributed by atoms with Crippen LogP contribution < -0.4 is 10.5 Å². The molecule has 16 heavy (non-hydrogen) atoms. The summed E-state index contributed by atoms with van der Waals surface area (Å²) in [6, 6.07) is 5.53. The van der Waals surface area contributed by atoms with Gasteiger partial charge in [-0.3, -0.25) is 0 Å². The van der Waals surface area contributed by atoms with Gasteiger partial charge in [-0.2, -0.15) is 11.8 Å². The molecule has 0 bridgehead atoms. The third-order valence-corrected chi connectivity index (χ3v) is 3.14. The van der Waals surface area contributed by atoms with Crippen LogP contribution in [0.4, 0.5) is 0 Å². The smallest absolute Gasteiger partial charge is 0.124 e. The van der Waals surface area contributed by atoms with Gasteiger partial charge in [-0.25, -0.2) is 0 Å². The van der Waals surface area contributed by atoms with E-state index in [0.717, 1.165) is 30.1 Å². The maximum absolute atomic E-state index is 5.93. The van der Waals surface area contributed by atoms with E-state index in [1.807, 2.05) is 36.9 Å². The first-order chi connectivity index (χ1) is 7.65. The summed E-state index contributed by atoms with van der Waals surface area (Å²) in [6.07, 6.45) is 3.14. The SMILES string of the molecule is CSCCCOc1ccc(Cl)cc1[C@@H](C)N. The standard InChI is InChI=1S/C12H18ClNOS/c1-9(14)11-8-10(13)4-5-12(11)15-6-3-7-16-2/h4-5,8-9H,3,6-7,14H2,1-2H3/t9-/m1/s1. The van der Waals surface area contributed by atoms with Crippen molar-refractivity contribution in [3.05, 3.63) is 28.8 Å². The minimum atomic E-state index is -0.0609. The summed E-state index contributed by atoms with van der Waals surface area (Å²) in [7, 11) is 0. The monoisotopic (exact) mass is 259 g/mol. The van der Waals surface area contributed by atoms with Crippen LogP contribution in [0.2, 0.25) is 5.02 Å². The lowest BCUT2D eigenvalue weighted by Gasteiger charge is -2.14. The molecule has 4 heteroatoms. The molecule has 0 aliphatic rings. The van der Waals surface area contributed by atoms with Gasteiger partial charge in [0, 0.05) is 16.6 Å². The zero-order valence-electron chi connectivity index (χ0n) is 9.70. The van der Waals surface area contributed by atoms with Gasteiger partial charge in [0.2, 0.25) is 0 Å². The second kappa shape index (κ2) is 7.05. The van der Waals surface area contributed by atoms with Crippen molar-refractivity contribution in [3.8, 4) is 5.75 Å². The highest BCUT2D eigenvalue weighted by Gasteiger charge is 2.08. The van der Waals surface area contributed by atoms with Crippen LogP contribution in [0.15, 0.2) is 18.2 Å². The molecule has 1 rings (SSSR count). The Labute approximate surface area is 107 Å². The molecule has 0 amide bonds. The Hall–Kier alpha value is -0.380. The van der Waals surface area contributed by atoms with Gasteiger partial charge >= 0.3 is 0 Å². The van der Waals surface area contributed by atoms with Crippen LogP contribution >= 0.6 is 23.4 Å². The summed E-state index contributed by atoms with van der Waals surface area (Å²) >= 11 is 7.75. The van der Waals surface area contributed by atoms with E-state index in [0.29, 0.717) is 5.02 Å². The third-order valence-electron chi connectivity index (χ3n) is 2.21. The Bertz CT molecular complexity index is 331. The molecule has 0 aliphatic carbocycles. The highest BCUT2D eigenvalue weighted by molar-refractivity contribution is 7.98. The largest absolute Gasteiger partial charge is 0.493 e. The number of rotatable bonds is 6. The molecule has 0 saturated heterocycles. The summed E-state index contributed by atoms with van der Waals surface area (Å²) in [4.78, 5) is 0. The van der Waals surface area contributed by atoms with Crippen LogP contribution in [-0.4, -0.2) is 18.6 Å². The predicted octanol–water partition coefficient (Wildman–Crippen LogP) is 3.49. The molecule has 1 aromatic carbocycles. The number of hydrogen-bond donors (Lipinski definition) is 1. The van der Waals surface area contributed by atoms with E-state index < -0.39 is 0 Å². The van der Waals surface area contributed by atoms with Crippen molar-refractivity contribution < 1.29 is 4.74 Å². The summed E-state index contributed by atoms with van der Waals surface area (Å²) < 4.78 is 5.70. The molecule has 0 saturated carbocycles. The molecule has 0 aliphatic heterocycles. The zero-order valence-corrected chi connectivity index (χ0v) is 11.3. The van der Waals surface area contributed by atoms with Gasteiger partial charge in [-0.05, 0) is 43.6 Å². The van der Waals surface area contributed by atoms with Crippen LogP contribution in [0.5, 0.6) is 5.75 Å². The Morgan fingerprint density at radius 3 is 2.88 bits per heavy atom. The second-order valence-electron chi connectivity index (χ2n) is 3.67. The van der Waals surface area contributed by atoms with Crippen LogP contribution in [-0.2, 0) is 0 Å². The molecule has 0 fully saturated rings. The molecule has 2 nitrogen and oxygen atoms in total. The van der Waals surface area contributed by atoms with Gasteiger partial charge in [-0.1, -0.05) is 11.6 Å². The van der Waals surface area contributed by atoms with Crippen LogP contribution in [0.1, 0.15) is 24.9 Å². The Morgan fingerprint density at radius 1 is 1.50 bits per heavy atom. The van der Waals surface area contributed by atoms with Gasteiger partial charge in [0.15, 0.2) is 0 Å². The number of nitrogens with two attached hydrogens (primary N) is 1. The van der Waals surface area contributed by atoms with Crippen molar-refractivity contribution in [1.82, 2.24) is 0 Å². The molecular weight excluding hydrogens is 242 g/mol. The Balaban J connectivity index is 2.64. The normalized spacial score (nSPS) is 12.5. The van der Waals surface area contributed by atoms with Gasteiger partial charge in [0.05, 0.1) is 6.61 Å². The Morgan fingerprint density at radius 2 is 2.25 bits per heavy atom. The van der Waals surface area contributed by atoms with Gasteiger partial charge in [0.25, 0.3) is 0 Å². The van der Waals surface area contributed by atoms with Crippen molar-refractivity contribution in [2.45, 2.75) is 19.4 Å². The van der Waals surface area contributed by atoms with Crippen molar-refractivity contribution in [3.63, 3.8) is 0 Å². The maximum Gasteiger partial charge on any atom is 0.124 e. The summed E-state index contributed by atoms with van der Waals surface area (Å²) in [5.41, 5.74) is 6.84. The fraction of sp³-hybridized carbons (Fsp3) is 0.500. The molecule has 0 spiro atoms. The van der Waals surface area contributed by atoms with Crippen molar-refractivity contribution in [2.24, 2.45) is 5.73 Å². The topological polar surface area (TPSA) is 35.2 Å². The first-order valence-electron chi connectivity index (χ1n) is 5.32. The number of ether oxygens (including phenoxy) is 1. The van der Waals surface area contributed by atoms with E-state index in [2.05, 4.69) is 6.26 Å². The van der Waals surface area contributed by atoms with Crippen molar-refractivity contribution in [2.75, 3.05) is 18.6 Å². The van der Waals surface area contributed by atoms with E-state index in [4.69, 9.17) is 22.1 Å². The van der Waals surface area contributed by atoms with Crippen molar-refractivity contribution >= 4 is 23.4 Å². The molecule has 0 unspecified atom stereocenters. The second-order valence-corrected chi connectivity index (χ2v) is 5.09. The lowest BCUT2D eigenvalue weighted by Crippen LogP contribution is -2.09. The number of hydrogen-bond acceptors (Lipinski definition) is 3. The molecule has 0 radical (unpaired) electrons. The highest BCUT2D eigenvalue weighted by Crippen LogP contribution is 2.27. The Kier molecular flexibility index (Phi) is 6.03. The van der Waals surface area contributed by atoms with Gasteiger partial charge in [0.1, 0.15) is 5.75 Å². The van der Waals surface area contributed by atoms with Crippen LogP contribution in [0.25, 0.3) is 0 Å². The quantitative estimate of drug-likeness (QED) is 0.795. The van der Waals surface area contributed by atoms with E-state index in [1.165, 1.54) is 0 Å². The van der Waals surface area contributed by atoms with Gasteiger partial charge < -0.3 is 10.5 Å². The van der Waals surface area contributed by atoms with E-state index >= 15 is 0 Å². The number of benzene rings is 1. The minimum absolute atomic E-state index is 0.0609. The lowest BCUT2D eigenvalue weighted by molar-refractivity contribution is 0.314. The average molecular weight is 260 g/mol. The third kappa shape index (κ3) is 4.24. The van der Waals surface area contributed by atoms with Crippen molar-refractivity contribution in [1.29, 1.82) is 0 Å². The van der Waals surface area contributed by atoms with E-state index in [1.54, 1.807) is 0 Å². The first kappa shape index (κ1) is 13.7. The summed E-state index contributed by atoms with van der Waals surface area (Å²) in [5.74, 6) is 1.96. The summed E-state index contributed by atoms with van der Waals surface area (Å²) in [5, 5.41) is 0.698. The maximum atomic E-state index is 5.93.